The van der Waals surface area contributed by atoms with E-state index in [9.17, 15) is 0 Å². The molecule has 0 saturated carbocycles. The first-order valence-electron chi connectivity index (χ1n) is 5.14. The fraction of sp³-hybridized carbons (Fsp3) is 1.00. The molecule has 0 aromatic rings. The Bertz CT molecular complexity index is 133. The number of nitrogens with zero attached hydrogens (tertiary/aromatic N) is 1. The normalized spacial score (nSPS) is 15.9. The molecule has 2 atom stereocenters. The van der Waals surface area contributed by atoms with Crippen molar-refractivity contribution in [2.45, 2.75) is 25.9 Å². The molecular weight excluding hydrogens is 180 g/mol. The van der Waals surface area contributed by atoms with Crippen LogP contribution >= 0.6 is 0 Å². The molecule has 0 aliphatic rings. The van der Waals surface area contributed by atoms with Crippen LogP contribution in [0.2, 0.25) is 0 Å². The Morgan fingerprint density at radius 2 is 1.79 bits per heavy atom. The van der Waals surface area contributed by atoms with Gasteiger partial charge in [0, 0.05) is 32.8 Å². The van der Waals surface area contributed by atoms with Crippen LogP contribution in [0.5, 0.6) is 0 Å². The van der Waals surface area contributed by atoms with Gasteiger partial charge in [-0.25, -0.2) is 0 Å². The second kappa shape index (κ2) is 8.17. The zero-order valence-electron chi connectivity index (χ0n) is 9.82. The van der Waals surface area contributed by atoms with Gasteiger partial charge in [0.25, 0.3) is 0 Å². The van der Waals surface area contributed by atoms with Gasteiger partial charge in [-0.2, -0.15) is 0 Å². The molecule has 0 rings (SSSR count). The molecule has 86 valence electrons. The predicted octanol–water partition coefficient (Wildman–Crippen LogP) is 0.317. The molecule has 2 unspecified atom stereocenters. The first kappa shape index (κ1) is 13.8. The zero-order chi connectivity index (χ0) is 11.0. The summed E-state index contributed by atoms with van der Waals surface area (Å²) in [6.07, 6.45) is 0. The highest BCUT2D eigenvalue weighted by Crippen LogP contribution is 2.05. The summed E-state index contributed by atoms with van der Waals surface area (Å²) in [6.45, 7) is 7.27. The first-order chi connectivity index (χ1) is 6.71. The van der Waals surface area contributed by atoms with E-state index in [-0.39, 0.29) is 6.04 Å². The van der Waals surface area contributed by atoms with Crippen molar-refractivity contribution >= 4 is 0 Å². The van der Waals surface area contributed by atoms with Gasteiger partial charge in [0.05, 0.1) is 13.2 Å². The van der Waals surface area contributed by atoms with Crippen molar-refractivity contribution in [3.05, 3.63) is 0 Å². The summed E-state index contributed by atoms with van der Waals surface area (Å²) in [5, 5.41) is 0. The van der Waals surface area contributed by atoms with Crippen LogP contribution in [0.15, 0.2) is 0 Å². The fourth-order valence-corrected chi connectivity index (χ4v) is 1.76. The first-order valence-corrected chi connectivity index (χ1v) is 5.14. The quantitative estimate of drug-likeness (QED) is 0.618. The monoisotopic (exact) mass is 204 g/mol. The maximum Gasteiger partial charge on any atom is 0.0630 e. The Morgan fingerprint density at radius 3 is 2.14 bits per heavy atom. The van der Waals surface area contributed by atoms with E-state index in [1.807, 2.05) is 0 Å². The topological polar surface area (TPSA) is 47.7 Å². The molecule has 0 aliphatic heterocycles. The molecule has 0 bridgehead atoms. The second-order valence-corrected chi connectivity index (χ2v) is 3.48. The minimum Gasteiger partial charge on any atom is -0.383 e. The van der Waals surface area contributed by atoms with Crippen LogP contribution in [0.3, 0.4) is 0 Å². The van der Waals surface area contributed by atoms with Gasteiger partial charge in [0.15, 0.2) is 0 Å². The van der Waals surface area contributed by atoms with E-state index >= 15 is 0 Å². The number of methoxy groups -OCH3 is 2. The predicted molar refractivity (Wildman–Crippen MR) is 58.4 cm³/mol. The summed E-state index contributed by atoms with van der Waals surface area (Å²) >= 11 is 0. The summed E-state index contributed by atoms with van der Waals surface area (Å²) in [7, 11) is 3.43. The number of rotatable bonds is 8. The minimum absolute atomic E-state index is 0.287. The molecule has 2 N–H and O–H groups in total. The highest BCUT2D eigenvalue weighted by Gasteiger charge is 2.20. The van der Waals surface area contributed by atoms with E-state index < -0.39 is 0 Å². The van der Waals surface area contributed by atoms with E-state index in [4.69, 9.17) is 15.2 Å². The van der Waals surface area contributed by atoms with Crippen LogP contribution in [0.4, 0.5) is 0 Å². The maximum atomic E-state index is 5.71. The van der Waals surface area contributed by atoms with Crippen molar-refractivity contribution < 1.29 is 9.47 Å². The Labute approximate surface area is 87.4 Å². The molecule has 4 nitrogen and oxygen atoms in total. The minimum atomic E-state index is 0.287. The lowest BCUT2D eigenvalue weighted by molar-refractivity contribution is 0.0394. The molecular formula is C10H24N2O2. The Morgan fingerprint density at radius 1 is 1.21 bits per heavy atom. The van der Waals surface area contributed by atoms with Gasteiger partial charge < -0.3 is 15.2 Å². The summed E-state index contributed by atoms with van der Waals surface area (Å²) in [4.78, 5) is 2.31. The second-order valence-electron chi connectivity index (χ2n) is 3.48. The van der Waals surface area contributed by atoms with E-state index in [0.717, 1.165) is 13.2 Å². The Kier molecular flexibility index (Phi) is 8.08. The molecule has 0 aromatic heterocycles. The van der Waals surface area contributed by atoms with Crippen LogP contribution in [0.1, 0.15) is 13.8 Å². The molecule has 0 aromatic carbocycles. The Balaban J connectivity index is 4.18. The van der Waals surface area contributed by atoms with Gasteiger partial charge in [0.1, 0.15) is 0 Å². The number of nitrogens with two attached hydrogens (primary N) is 1. The van der Waals surface area contributed by atoms with E-state index in [2.05, 4.69) is 18.7 Å². The molecule has 0 saturated heterocycles. The number of hydrogen-bond donors (Lipinski definition) is 1. The highest BCUT2D eigenvalue weighted by atomic mass is 16.5. The largest absolute Gasteiger partial charge is 0.383 e. The number of hydrogen-bond acceptors (Lipinski definition) is 4. The number of ether oxygens (including phenoxy) is 2. The van der Waals surface area contributed by atoms with Gasteiger partial charge in [-0.15, -0.1) is 0 Å². The van der Waals surface area contributed by atoms with Gasteiger partial charge in [0.2, 0.25) is 0 Å². The van der Waals surface area contributed by atoms with Crippen LogP contribution in [-0.2, 0) is 9.47 Å². The van der Waals surface area contributed by atoms with Crippen molar-refractivity contribution in [1.82, 2.24) is 4.90 Å². The highest BCUT2D eigenvalue weighted by molar-refractivity contribution is 4.76. The number of likely N-dealkylation sites (N-methyl/N-ethyl adjacent to an activating group) is 1. The Hall–Kier alpha value is -0.160. The summed E-state index contributed by atoms with van der Waals surface area (Å²) in [5.74, 6) is 0. The maximum absolute atomic E-state index is 5.71. The smallest absolute Gasteiger partial charge is 0.0630 e. The molecule has 0 fully saturated rings. The molecule has 0 spiro atoms. The fourth-order valence-electron chi connectivity index (χ4n) is 1.76. The third-order valence-corrected chi connectivity index (χ3v) is 2.44. The summed E-state index contributed by atoms with van der Waals surface area (Å²) < 4.78 is 10.3. The molecule has 0 amide bonds. The van der Waals surface area contributed by atoms with E-state index in [1.54, 1.807) is 14.2 Å². The van der Waals surface area contributed by atoms with Crippen molar-refractivity contribution in [3.63, 3.8) is 0 Å². The SMILES string of the molecule is CCN(C(C)COC)C(CN)COC. The lowest BCUT2D eigenvalue weighted by atomic mass is 10.2. The van der Waals surface area contributed by atoms with Crippen LogP contribution in [0.25, 0.3) is 0 Å². The van der Waals surface area contributed by atoms with Crippen molar-refractivity contribution in [1.29, 1.82) is 0 Å². The zero-order valence-corrected chi connectivity index (χ0v) is 9.82. The standard InChI is InChI=1S/C10H24N2O2/c1-5-12(9(2)7-13-3)10(6-11)8-14-4/h9-10H,5-8,11H2,1-4H3. The van der Waals surface area contributed by atoms with Crippen molar-refractivity contribution in [3.8, 4) is 0 Å². The summed E-state index contributed by atoms with van der Waals surface area (Å²) in [6, 6.07) is 0.670. The van der Waals surface area contributed by atoms with Gasteiger partial charge in [-0.1, -0.05) is 6.92 Å². The van der Waals surface area contributed by atoms with Gasteiger partial charge in [-0.05, 0) is 13.5 Å². The van der Waals surface area contributed by atoms with Gasteiger partial charge >= 0.3 is 0 Å². The average molecular weight is 204 g/mol. The van der Waals surface area contributed by atoms with Crippen molar-refractivity contribution in [2.75, 3.05) is 40.5 Å². The average Bonchev–Trinajstić information content (AvgIpc) is 2.18. The molecule has 0 heterocycles. The van der Waals surface area contributed by atoms with E-state index in [1.165, 1.54) is 0 Å². The van der Waals surface area contributed by atoms with Crippen molar-refractivity contribution in [2.24, 2.45) is 5.73 Å². The lowest BCUT2D eigenvalue weighted by Gasteiger charge is -2.34. The summed E-state index contributed by atoms with van der Waals surface area (Å²) in [5.41, 5.74) is 5.71. The van der Waals surface area contributed by atoms with Gasteiger partial charge in [-0.3, -0.25) is 4.90 Å². The van der Waals surface area contributed by atoms with E-state index in [0.29, 0.717) is 19.2 Å². The van der Waals surface area contributed by atoms with Crippen LogP contribution in [-0.4, -0.2) is 57.5 Å². The van der Waals surface area contributed by atoms with Crippen LogP contribution < -0.4 is 5.73 Å². The molecule has 4 heteroatoms. The third-order valence-electron chi connectivity index (χ3n) is 2.44. The molecule has 0 radical (unpaired) electrons. The molecule has 0 aliphatic carbocycles. The molecule has 14 heavy (non-hydrogen) atoms. The lowest BCUT2D eigenvalue weighted by Crippen LogP contribution is -2.49. The third kappa shape index (κ3) is 4.37. The van der Waals surface area contributed by atoms with Crippen LogP contribution in [0, 0.1) is 0 Å².